The maximum absolute atomic E-state index is 11.1. The minimum Gasteiger partial charge on any atom is -0.368 e. The van der Waals surface area contributed by atoms with Gasteiger partial charge in [0.25, 0.3) is 5.91 Å². The lowest BCUT2D eigenvalue weighted by Gasteiger charge is -2.36. The van der Waals surface area contributed by atoms with Crippen molar-refractivity contribution in [2.45, 2.75) is 46.1 Å². The van der Waals surface area contributed by atoms with E-state index in [1.54, 1.807) is 0 Å². The van der Waals surface area contributed by atoms with E-state index in [0.717, 1.165) is 6.42 Å². The number of carbonyl (C=O) groups excluding carboxylic acids is 1. The highest BCUT2D eigenvalue weighted by Crippen LogP contribution is 2.35. The quantitative estimate of drug-likeness (QED) is 0.435. The second-order valence-corrected chi connectivity index (χ2v) is 5.24. The predicted octanol–water partition coefficient (Wildman–Crippen LogP) is 1.45. The van der Waals surface area contributed by atoms with Gasteiger partial charge in [0.1, 0.15) is 6.61 Å². The molecule has 0 radical (unpaired) electrons. The average molecular weight is 228 g/mol. The third-order valence-corrected chi connectivity index (χ3v) is 3.55. The zero-order chi connectivity index (χ0) is 12.1. The summed E-state index contributed by atoms with van der Waals surface area (Å²) in [5.74, 6) is 6.66. The highest BCUT2D eigenvalue weighted by molar-refractivity contribution is 5.76. The van der Waals surface area contributed by atoms with Crippen molar-refractivity contribution in [3.05, 3.63) is 0 Å². The minimum absolute atomic E-state index is 0.0805. The third-order valence-electron chi connectivity index (χ3n) is 3.55. The molecule has 1 saturated carbocycles. The molecule has 1 aliphatic rings. The second kappa shape index (κ2) is 6.21. The number of hydrazine groups is 1. The smallest absolute Gasteiger partial charge is 0.259 e. The Labute approximate surface area is 97.9 Å². The molecule has 94 valence electrons. The lowest BCUT2D eigenvalue weighted by molar-refractivity contribution is -0.131. The van der Waals surface area contributed by atoms with E-state index >= 15 is 0 Å². The number of amides is 1. The Morgan fingerprint density at radius 2 is 2.19 bits per heavy atom. The summed E-state index contributed by atoms with van der Waals surface area (Å²) in [6.45, 7) is 6.77. The van der Waals surface area contributed by atoms with E-state index < -0.39 is 0 Å². The van der Waals surface area contributed by atoms with Crippen molar-refractivity contribution < 1.29 is 9.53 Å². The van der Waals surface area contributed by atoms with Gasteiger partial charge < -0.3 is 4.74 Å². The van der Waals surface area contributed by atoms with Gasteiger partial charge >= 0.3 is 0 Å². The summed E-state index contributed by atoms with van der Waals surface area (Å²) in [7, 11) is 0. The van der Waals surface area contributed by atoms with Gasteiger partial charge in [-0.2, -0.15) is 0 Å². The average Bonchev–Trinajstić information content (AvgIpc) is 2.25. The van der Waals surface area contributed by atoms with Gasteiger partial charge in [0.2, 0.25) is 0 Å². The monoisotopic (exact) mass is 228 g/mol. The van der Waals surface area contributed by atoms with Gasteiger partial charge in [0, 0.05) is 0 Å². The fourth-order valence-corrected chi connectivity index (χ4v) is 2.53. The van der Waals surface area contributed by atoms with Crippen LogP contribution in [0.3, 0.4) is 0 Å². The Kier molecular flexibility index (Phi) is 5.22. The summed E-state index contributed by atoms with van der Waals surface area (Å²) < 4.78 is 5.69. The number of rotatable bonds is 4. The van der Waals surface area contributed by atoms with Crippen molar-refractivity contribution in [3.8, 4) is 0 Å². The van der Waals surface area contributed by atoms with Crippen molar-refractivity contribution in [1.82, 2.24) is 5.43 Å². The van der Waals surface area contributed by atoms with E-state index in [4.69, 9.17) is 10.6 Å². The standard InChI is InChI=1S/C12H24N2O2/c1-8(2)10-5-4-9(3)6-11(10)16-7-12(15)14-13/h8-11H,4-7,13H2,1-3H3,(H,14,15). The van der Waals surface area contributed by atoms with Crippen LogP contribution in [-0.4, -0.2) is 18.6 Å². The largest absolute Gasteiger partial charge is 0.368 e. The summed E-state index contributed by atoms with van der Waals surface area (Å²) >= 11 is 0. The van der Waals surface area contributed by atoms with Gasteiger partial charge in [-0.05, 0) is 30.6 Å². The van der Waals surface area contributed by atoms with E-state index in [0.29, 0.717) is 17.8 Å². The SMILES string of the molecule is CC1CCC(C(C)C)C(OCC(=O)NN)C1. The molecule has 0 aromatic carbocycles. The summed E-state index contributed by atoms with van der Waals surface area (Å²) in [5, 5.41) is 0. The molecular weight excluding hydrogens is 204 g/mol. The van der Waals surface area contributed by atoms with Crippen LogP contribution in [0.5, 0.6) is 0 Å². The number of hydrogen-bond donors (Lipinski definition) is 2. The molecule has 0 aliphatic heterocycles. The van der Waals surface area contributed by atoms with Crippen LogP contribution < -0.4 is 11.3 Å². The molecule has 0 heterocycles. The molecule has 16 heavy (non-hydrogen) atoms. The van der Waals surface area contributed by atoms with Crippen LogP contribution >= 0.6 is 0 Å². The first kappa shape index (κ1) is 13.5. The summed E-state index contributed by atoms with van der Waals surface area (Å²) in [6, 6.07) is 0. The number of ether oxygens (including phenoxy) is 1. The van der Waals surface area contributed by atoms with Crippen LogP contribution in [0.25, 0.3) is 0 Å². The Balaban J connectivity index is 2.47. The van der Waals surface area contributed by atoms with Gasteiger partial charge in [0.05, 0.1) is 6.10 Å². The maximum atomic E-state index is 11.1. The van der Waals surface area contributed by atoms with Gasteiger partial charge in [-0.25, -0.2) is 5.84 Å². The molecule has 0 bridgehead atoms. The van der Waals surface area contributed by atoms with Crippen LogP contribution in [0, 0.1) is 17.8 Å². The number of carbonyl (C=O) groups is 1. The van der Waals surface area contributed by atoms with E-state index in [-0.39, 0.29) is 18.6 Å². The Morgan fingerprint density at radius 3 is 2.75 bits per heavy atom. The minimum atomic E-state index is -0.249. The van der Waals surface area contributed by atoms with Gasteiger partial charge in [0.15, 0.2) is 0 Å². The van der Waals surface area contributed by atoms with Crippen molar-refractivity contribution in [1.29, 1.82) is 0 Å². The molecule has 4 nitrogen and oxygen atoms in total. The molecule has 3 atom stereocenters. The fourth-order valence-electron chi connectivity index (χ4n) is 2.53. The molecule has 3 unspecified atom stereocenters. The first-order valence-corrected chi connectivity index (χ1v) is 6.15. The number of hydrogen-bond acceptors (Lipinski definition) is 3. The normalized spacial score (nSPS) is 30.4. The lowest BCUT2D eigenvalue weighted by Crippen LogP contribution is -2.39. The lowest BCUT2D eigenvalue weighted by atomic mass is 9.75. The van der Waals surface area contributed by atoms with Crippen LogP contribution in [0.1, 0.15) is 40.0 Å². The molecule has 1 aliphatic carbocycles. The third kappa shape index (κ3) is 3.76. The maximum Gasteiger partial charge on any atom is 0.259 e. The summed E-state index contributed by atoms with van der Waals surface area (Å²) in [6.07, 6.45) is 3.74. The number of nitrogens with one attached hydrogen (secondary N) is 1. The molecule has 3 N–H and O–H groups in total. The second-order valence-electron chi connectivity index (χ2n) is 5.24. The first-order valence-electron chi connectivity index (χ1n) is 6.15. The van der Waals surface area contributed by atoms with Crippen molar-refractivity contribution in [2.75, 3.05) is 6.61 Å². The first-order chi connectivity index (χ1) is 7.54. The molecule has 0 saturated heterocycles. The molecule has 1 rings (SSSR count). The topological polar surface area (TPSA) is 64.3 Å². The van der Waals surface area contributed by atoms with E-state index in [2.05, 4.69) is 26.2 Å². The van der Waals surface area contributed by atoms with Crippen LogP contribution in [0.2, 0.25) is 0 Å². The molecule has 0 aromatic heterocycles. The van der Waals surface area contributed by atoms with Crippen molar-refractivity contribution in [2.24, 2.45) is 23.6 Å². The highest BCUT2D eigenvalue weighted by Gasteiger charge is 2.31. The van der Waals surface area contributed by atoms with E-state index in [9.17, 15) is 4.79 Å². The highest BCUT2D eigenvalue weighted by atomic mass is 16.5. The zero-order valence-electron chi connectivity index (χ0n) is 10.5. The number of nitrogens with two attached hydrogens (primary N) is 1. The van der Waals surface area contributed by atoms with Crippen LogP contribution in [-0.2, 0) is 9.53 Å². The van der Waals surface area contributed by atoms with Crippen LogP contribution in [0.4, 0.5) is 0 Å². The Bertz CT molecular complexity index is 231. The Morgan fingerprint density at radius 1 is 1.50 bits per heavy atom. The zero-order valence-corrected chi connectivity index (χ0v) is 10.5. The van der Waals surface area contributed by atoms with Crippen molar-refractivity contribution >= 4 is 5.91 Å². The molecule has 1 amide bonds. The molecule has 1 fully saturated rings. The predicted molar refractivity (Wildman–Crippen MR) is 63.4 cm³/mol. The molecular formula is C12H24N2O2. The molecule has 0 spiro atoms. The van der Waals surface area contributed by atoms with Crippen molar-refractivity contribution in [3.63, 3.8) is 0 Å². The Hall–Kier alpha value is -0.610. The fraction of sp³-hybridized carbons (Fsp3) is 0.917. The van der Waals surface area contributed by atoms with Gasteiger partial charge in [-0.15, -0.1) is 0 Å². The summed E-state index contributed by atoms with van der Waals surface area (Å²) in [5.41, 5.74) is 2.10. The molecule has 0 aromatic rings. The summed E-state index contributed by atoms with van der Waals surface area (Å²) in [4.78, 5) is 11.1. The van der Waals surface area contributed by atoms with E-state index in [1.165, 1.54) is 12.8 Å². The molecule has 4 heteroatoms. The van der Waals surface area contributed by atoms with Gasteiger partial charge in [-0.1, -0.05) is 27.2 Å². The van der Waals surface area contributed by atoms with E-state index in [1.807, 2.05) is 0 Å². The van der Waals surface area contributed by atoms with Crippen LogP contribution in [0.15, 0.2) is 0 Å². The van der Waals surface area contributed by atoms with Gasteiger partial charge in [-0.3, -0.25) is 10.2 Å².